The number of aryl methyl sites for hydroxylation is 1. The second kappa shape index (κ2) is 7.21. The van der Waals surface area contributed by atoms with Crippen LogP contribution in [0.4, 0.5) is 36.3 Å². The van der Waals surface area contributed by atoms with Crippen molar-refractivity contribution in [3.8, 4) is 0 Å². The molecule has 0 spiro atoms. The lowest BCUT2D eigenvalue weighted by Crippen LogP contribution is -2.06. The maximum absolute atomic E-state index is 12.8. The third kappa shape index (κ3) is 4.64. The summed E-state index contributed by atoms with van der Waals surface area (Å²) in [5.41, 5.74) is 0.907. The largest absolute Gasteiger partial charge is 0.416 e. The second-order valence-electron chi connectivity index (χ2n) is 5.56. The summed E-state index contributed by atoms with van der Waals surface area (Å²) >= 11 is 5.95. The van der Waals surface area contributed by atoms with E-state index < -0.39 is 11.7 Å². The Balaban J connectivity index is 1.84. The van der Waals surface area contributed by atoms with Gasteiger partial charge in [-0.2, -0.15) is 18.2 Å². The molecular formula is C18H14ClF3N4. The number of hydrogen-bond donors (Lipinski definition) is 2. The van der Waals surface area contributed by atoms with Gasteiger partial charge in [-0.15, -0.1) is 0 Å². The first kappa shape index (κ1) is 18.0. The molecule has 0 atom stereocenters. The number of nitrogens with zero attached hydrogens (tertiary/aromatic N) is 2. The van der Waals surface area contributed by atoms with Crippen LogP contribution in [-0.4, -0.2) is 9.97 Å². The molecule has 0 radical (unpaired) electrons. The van der Waals surface area contributed by atoms with Crippen LogP contribution in [0.3, 0.4) is 0 Å². The zero-order valence-corrected chi connectivity index (χ0v) is 14.4. The SMILES string of the molecule is Cc1cc(Nc2cccc(C(F)(F)F)c2)nc(Nc2cccc(Cl)c2)n1. The number of alkyl halides is 3. The van der Waals surface area contributed by atoms with Gasteiger partial charge in [-0.25, -0.2) is 4.98 Å². The van der Waals surface area contributed by atoms with E-state index in [9.17, 15) is 13.2 Å². The Kier molecular flexibility index (Phi) is 4.99. The molecule has 2 N–H and O–H groups in total. The van der Waals surface area contributed by atoms with Gasteiger partial charge >= 0.3 is 6.18 Å². The Bertz CT molecular complexity index is 928. The summed E-state index contributed by atoms with van der Waals surface area (Å²) in [7, 11) is 0. The lowest BCUT2D eigenvalue weighted by Gasteiger charge is -2.12. The van der Waals surface area contributed by atoms with Gasteiger partial charge in [0.2, 0.25) is 5.95 Å². The Hall–Kier alpha value is -2.80. The van der Waals surface area contributed by atoms with Gasteiger partial charge in [0.15, 0.2) is 0 Å². The van der Waals surface area contributed by atoms with Gasteiger partial charge in [-0.05, 0) is 43.3 Å². The fourth-order valence-corrected chi connectivity index (χ4v) is 2.50. The highest BCUT2D eigenvalue weighted by Crippen LogP contribution is 2.31. The van der Waals surface area contributed by atoms with E-state index in [0.717, 1.165) is 12.1 Å². The van der Waals surface area contributed by atoms with Crippen molar-refractivity contribution in [3.63, 3.8) is 0 Å². The summed E-state index contributed by atoms with van der Waals surface area (Å²) < 4.78 is 38.5. The summed E-state index contributed by atoms with van der Waals surface area (Å²) in [4.78, 5) is 8.56. The van der Waals surface area contributed by atoms with Crippen LogP contribution in [0.1, 0.15) is 11.3 Å². The maximum Gasteiger partial charge on any atom is 0.416 e. The van der Waals surface area contributed by atoms with Crippen molar-refractivity contribution in [1.29, 1.82) is 0 Å². The van der Waals surface area contributed by atoms with Gasteiger partial charge in [0, 0.05) is 28.2 Å². The smallest absolute Gasteiger partial charge is 0.340 e. The number of aromatic nitrogens is 2. The number of rotatable bonds is 4. The van der Waals surface area contributed by atoms with Crippen molar-refractivity contribution in [3.05, 3.63) is 70.9 Å². The molecule has 134 valence electrons. The summed E-state index contributed by atoms with van der Waals surface area (Å²) in [5, 5.41) is 6.46. The molecule has 0 aliphatic rings. The minimum Gasteiger partial charge on any atom is -0.340 e. The molecule has 4 nitrogen and oxygen atoms in total. The molecule has 0 aliphatic heterocycles. The molecule has 26 heavy (non-hydrogen) atoms. The third-order valence-corrected chi connectivity index (χ3v) is 3.63. The molecule has 3 rings (SSSR count). The molecule has 0 aliphatic carbocycles. The summed E-state index contributed by atoms with van der Waals surface area (Å²) in [6.07, 6.45) is -4.40. The molecule has 0 unspecified atom stereocenters. The number of anilines is 4. The van der Waals surface area contributed by atoms with Crippen molar-refractivity contribution < 1.29 is 13.2 Å². The molecule has 8 heteroatoms. The van der Waals surface area contributed by atoms with Crippen LogP contribution in [0, 0.1) is 6.92 Å². The zero-order valence-electron chi connectivity index (χ0n) is 13.6. The molecule has 0 bridgehead atoms. The van der Waals surface area contributed by atoms with Crippen LogP contribution < -0.4 is 10.6 Å². The summed E-state index contributed by atoms with van der Waals surface area (Å²) in [5.74, 6) is 0.683. The van der Waals surface area contributed by atoms with E-state index in [1.807, 2.05) is 0 Å². The molecule has 0 fully saturated rings. The number of nitrogens with one attached hydrogen (secondary N) is 2. The molecular weight excluding hydrogens is 365 g/mol. The van der Waals surface area contributed by atoms with Crippen molar-refractivity contribution in [1.82, 2.24) is 9.97 Å². The average molecular weight is 379 g/mol. The Morgan fingerprint density at radius 3 is 2.27 bits per heavy atom. The molecule has 2 aromatic carbocycles. The molecule has 0 amide bonds. The predicted octanol–water partition coefficient (Wildman–Crippen LogP) is 5.94. The first-order valence-corrected chi connectivity index (χ1v) is 8.00. The Morgan fingerprint density at radius 1 is 0.885 bits per heavy atom. The van der Waals surface area contributed by atoms with Gasteiger partial charge < -0.3 is 10.6 Å². The van der Waals surface area contributed by atoms with Gasteiger partial charge in [0.05, 0.1) is 5.56 Å². The molecule has 1 heterocycles. The van der Waals surface area contributed by atoms with Crippen LogP contribution in [0.5, 0.6) is 0 Å². The highest BCUT2D eigenvalue weighted by Gasteiger charge is 2.30. The number of hydrogen-bond acceptors (Lipinski definition) is 4. The average Bonchev–Trinajstić information content (AvgIpc) is 2.53. The highest BCUT2D eigenvalue weighted by atomic mass is 35.5. The van der Waals surface area contributed by atoms with Gasteiger partial charge in [-0.3, -0.25) is 0 Å². The van der Waals surface area contributed by atoms with Crippen molar-refractivity contribution in [2.45, 2.75) is 13.1 Å². The number of benzene rings is 2. The van der Waals surface area contributed by atoms with E-state index in [1.165, 1.54) is 12.1 Å². The maximum atomic E-state index is 12.8. The van der Waals surface area contributed by atoms with E-state index >= 15 is 0 Å². The highest BCUT2D eigenvalue weighted by molar-refractivity contribution is 6.30. The fourth-order valence-electron chi connectivity index (χ4n) is 2.30. The summed E-state index contributed by atoms with van der Waals surface area (Å²) in [6.45, 7) is 1.77. The lowest BCUT2D eigenvalue weighted by molar-refractivity contribution is -0.137. The predicted molar refractivity (Wildman–Crippen MR) is 96.2 cm³/mol. The van der Waals surface area contributed by atoms with Gasteiger partial charge in [-0.1, -0.05) is 23.7 Å². The van der Waals surface area contributed by atoms with E-state index in [1.54, 1.807) is 37.3 Å². The minimum atomic E-state index is -4.40. The van der Waals surface area contributed by atoms with Crippen LogP contribution in [-0.2, 0) is 6.18 Å². The van der Waals surface area contributed by atoms with Crippen LogP contribution in [0.15, 0.2) is 54.6 Å². The number of halogens is 4. The normalized spacial score (nSPS) is 11.3. The van der Waals surface area contributed by atoms with E-state index in [-0.39, 0.29) is 5.69 Å². The fraction of sp³-hybridized carbons (Fsp3) is 0.111. The topological polar surface area (TPSA) is 49.8 Å². The van der Waals surface area contributed by atoms with Crippen molar-refractivity contribution in [2.75, 3.05) is 10.6 Å². The van der Waals surface area contributed by atoms with Gasteiger partial charge in [0.25, 0.3) is 0 Å². The van der Waals surface area contributed by atoms with Crippen molar-refractivity contribution in [2.24, 2.45) is 0 Å². The molecule has 3 aromatic rings. The van der Waals surface area contributed by atoms with Crippen LogP contribution in [0.2, 0.25) is 5.02 Å². The molecule has 1 aromatic heterocycles. The van der Waals surface area contributed by atoms with E-state index in [4.69, 9.17) is 11.6 Å². The first-order chi connectivity index (χ1) is 12.3. The minimum absolute atomic E-state index is 0.284. The zero-order chi connectivity index (χ0) is 18.7. The standard InChI is InChI=1S/C18H14ClF3N4/c1-11-8-16(24-14-6-2-4-12(9-14)18(20,21)22)26-17(23-11)25-15-7-3-5-13(19)10-15/h2-10H,1H3,(H2,23,24,25,26). The van der Waals surface area contributed by atoms with E-state index in [0.29, 0.717) is 28.2 Å². The second-order valence-corrected chi connectivity index (χ2v) is 5.99. The van der Waals surface area contributed by atoms with Gasteiger partial charge in [0.1, 0.15) is 5.82 Å². The Morgan fingerprint density at radius 2 is 1.58 bits per heavy atom. The monoisotopic (exact) mass is 378 g/mol. The van der Waals surface area contributed by atoms with E-state index in [2.05, 4.69) is 20.6 Å². The van der Waals surface area contributed by atoms with Crippen LogP contribution >= 0.6 is 11.6 Å². The van der Waals surface area contributed by atoms with Crippen molar-refractivity contribution >= 4 is 34.7 Å². The molecule has 0 saturated carbocycles. The molecule has 0 saturated heterocycles. The lowest BCUT2D eigenvalue weighted by atomic mass is 10.2. The van der Waals surface area contributed by atoms with Crippen LogP contribution in [0.25, 0.3) is 0 Å². The Labute approximate surface area is 153 Å². The first-order valence-electron chi connectivity index (χ1n) is 7.62. The quantitative estimate of drug-likeness (QED) is 0.589. The third-order valence-electron chi connectivity index (χ3n) is 3.40. The summed E-state index contributed by atoms with van der Waals surface area (Å²) in [6, 6.07) is 13.6.